The fourth-order valence-electron chi connectivity index (χ4n) is 2.12. The lowest BCUT2D eigenvalue weighted by atomic mass is 10.3. The zero-order valence-electron chi connectivity index (χ0n) is 12.0. The molecule has 3 rings (SSSR count). The minimum atomic E-state index is -0.385. The van der Waals surface area contributed by atoms with Crippen molar-refractivity contribution in [3.8, 4) is 0 Å². The molecule has 3 aromatic rings. The Bertz CT molecular complexity index is 836. The average Bonchev–Trinajstić information content (AvgIpc) is 3.19. The highest BCUT2D eigenvalue weighted by Crippen LogP contribution is 2.12. The number of hydrogen-bond donors (Lipinski definition) is 1. The van der Waals surface area contributed by atoms with Crippen molar-refractivity contribution in [1.29, 1.82) is 0 Å². The van der Waals surface area contributed by atoms with Gasteiger partial charge in [-0.2, -0.15) is 5.10 Å². The number of amides is 1. The first kappa shape index (κ1) is 14.5. The van der Waals surface area contributed by atoms with Crippen LogP contribution in [0.25, 0.3) is 10.2 Å². The largest absolute Gasteiger partial charge is 0.352 e. The van der Waals surface area contributed by atoms with Crippen LogP contribution in [-0.2, 0) is 11.3 Å². The van der Waals surface area contributed by atoms with Gasteiger partial charge in [-0.05, 0) is 24.4 Å². The molecule has 0 fully saturated rings. The first-order valence-electron chi connectivity index (χ1n) is 6.86. The monoisotopic (exact) mass is 317 g/mol. The SMILES string of the molecule is CC(C(=O)NCCn1cnc2ccsc2c1=O)n1cccn1. The number of nitrogens with one attached hydrogen (secondary N) is 1. The molecule has 0 aliphatic carbocycles. The van der Waals surface area contributed by atoms with Crippen molar-refractivity contribution in [3.05, 3.63) is 46.6 Å². The molecule has 0 spiro atoms. The normalized spacial score (nSPS) is 12.4. The van der Waals surface area contributed by atoms with Crippen LogP contribution < -0.4 is 10.9 Å². The number of rotatable bonds is 5. The molecule has 114 valence electrons. The third-order valence-electron chi connectivity index (χ3n) is 3.39. The van der Waals surface area contributed by atoms with Crippen molar-refractivity contribution in [2.45, 2.75) is 19.5 Å². The summed E-state index contributed by atoms with van der Waals surface area (Å²) >= 11 is 1.38. The van der Waals surface area contributed by atoms with E-state index in [1.165, 1.54) is 22.2 Å². The summed E-state index contributed by atoms with van der Waals surface area (Å²) in [7, 11) is 0. The third-order valence-corrected chi connectivity index (χ3v) is 4.28. The Kier molecular flexibility index (Phi) is 4.01. The lowest BCUT2D eigenvalue weighted by Crippen LogP contribution is -2.35. The molecule has 0 bridgehead atoms. The summed E-state index contributed by atoms with van der Waals surface area (Å²) in [4.78, 5) is 28.4. The average molecular weight is 317 g/mol. The fraction of sp³-hybridized carbons (Fsp3) is 0.286. The molecular formula is C14H15N5O2S. The van der Waals surface area contributed by atoms with E-state index in [4.69, 9.17) is 0 Å². The van der Waals surface area contributed by atoms with E-state index in [1.54, 1.807) is 30.1 Å². The Hall–Kier alpha value is -2.48. The summed E-state index contributed by atoms with van der Waals surface area (Å²) in [6.07, 6.45) is 4.88. The van der Waals surface area contributed by atoms with E-state index in [1.807, 2.05) is 11.4 Å². The molecule has 1 atom stereocenters. The highest BCUT2D eigenvalue weighted by Gasteiger charge is 2.14. The maximum absolute atomic E-state index is 12.2. The summed E-state index contributed by atoms with van der Waals surface area (Å²) in [6, 6.07) is 3.20. The number of aromatic nitrogens is 4. The molecule has 0 aliphatic heterocycles. The van der Waals surface area contributed by atoms with Gasteiger partial charge in [-0.3, -0.25) is 18.8 Å². The number of carbonyl (C=O) groups excluding carboxylic acids is 1. The Morgan fingerprint density at radius 3 is 3.14 bits per heavy atom. The first-order chi connectivity index (χ1) is 10.7. The molecule has 1 N–H and O–H groups in total. The van der Waals surface area contributed by atoms with Gasteiger partial charge in [-0.15, -0.1) is 11.3 Å². The number of thiophene rings is 1. The summed E-state index contributed by atoms with van der Waals surface area (Å²) in [5.41, 5.74) is 0.636. The summed E-state index contributed by atoms with van der Waals surface area (Å²) in [5, 5.41) is 8.69. The van der Waals surface area contributed by atoms with Gasteiger partial charge in [0.1, 0.15) is 10.7 Å². The Morgan fingerprint density at radius 2 is 2.36 bits per heavy atom. The summed E-state index contributed by atoms with van der Waals surface area (Å²) in [6.45, 7) is 2.52. The van der Waals surface area contributed by atoms with Crippen LogP contribution in [0.15, 0.2) is 41.0 Å². The molecule has 22 heavy (non-hydrogen) atoms. The fourth-order valence-corrected chi connectivity index (χ4v) is 2.91. The number of hydrogen-bond acceptors (Lipinski definition) is 5. The lowest BCUT2D eigenvalue weighted by Gasteiger charge is -2.13. The molecule has 3 heterocycles. The van der Waals surface area contributed by atoms with Gasteiger partial charge in [0.15, 0.2) is 0 Å². The van der Waals surface area contributed by atoms with Gasteiger partial charge in [0.05, 0.1) is 11.8 Å². The zero-order valence-corrected chi connectivity index (χ0v) is 12.8. The molecule has 0 aliphatic rings. The van der Waals surface area contributed by atoms with Crippen LogP contribution in [0.4, 0.5) is 0 Å². The van der Waals surface area contributed by atoms with Crippen LogP contribution in [0.3, 0.4) is 0 Å². The molecule has 0 saturated heterocycles. The Labute approximate surface area is 130 Å². The predicted octanol–water partition coefficient (Wildman–Crippen LogP) is 1.03. The van der Waals surface area contributed by atoms with Crippen LogP contribution in [0, 0.1) is 0 Å². The van der Waals surface area contributed by atoms with Crippen molar-refractivity contribution in [2.24, 2.45) is 0 Å². The van der Waals surface area contributed by atoms with Crippen LogP contribution in [-0.4, -0.2) is 31.8 Å². The minimum absolute atomic E-state index is 0.0747. The third kappa shape index (κ3) is 2.77. The molecule has 7 nitrogen and oxygen atoms in total. The quantitative estimate of drug-likeness (QED) is 0.762. The van der Waals surface area contributed by atoms with Crippen molar-refractivity contribution < 1.29 is 4.79 Å². The van der Waals surface area contributed by atoms with E-state index in [2.05, 4.69) is 15.4 Å². The predicted molar refractivity (Wildman–Crippen MR) is 83.8 cm³/mol. The van der Waals surface area contributed by atoms with Crippen molar-refractivity contribution in [2.75, 3.05) is 6.54 Å². The van der Waals surface area contributed by atoms with Gasteiger partial charge < -0.3 is 5.32 Å². The van der Waals surface area contributed by atoms with Gasteiger partial charge in [0, 0.05) is 25.5 Å². The van der Waals surface area contributed by atoms with Crippen molar-refractivity contribution in [1.82, 2.24) is 24.6 Å². The second-order valence-corrected chi connectivity index (χ2v) is 5.75. The second-order valence-electron chi connectivity index (χ2n) is 4.83. The van der Waals surface area contributed by atoms with E-state index in [-0.39, 0.29) is 17.5 Å². The summed E-state index contributed by atoms with van der Waals surface area (Å²) < 4.78 is 3.73. The van der Waals surface area contributed by atoms with Crippen LogP contribution in [0.5, 0.6) is 0 Å². The van der Waals surface area contributed by atoms with E-state index in [0.717, 1.165) is 0 Å². The van der Waals surface area contributed by atoms with Gasteiger partial charge in [-0.1, -0.05) is 0 Å². The van der Waals surface area contributed by atoms with E-state index < -0.39 is 0 Å². The number of fused-ring (bicyclic) bond motifs is 1. The number of nitrogens with zero attached hydrogens (tertiary/aromatic N) is 4. The van der Waals surface area contributed by atoms with E-state index >= 15 is 0 Å². The molecule has 0 aromatic carbocycles. The molecule has 0 saturated carbocycles. The van der Waals surface area contributed by atoms with Crippen LogP contribution in [0.1, 0.15) is 13.0 Å². The second kappa shape index (κ2) is 6.10. The highest BCUT2D eigenvalue weighted by molar-refractivity contribution is 7.17. The minimum Gasteiger partial charge on any atom is -0.352 e. The van der Waals surface area contributed by atoms with Gasteiger partial charge >= 0.3 is 0 Å². The molecule has 3 aromatic heterocycles. The smallest absolute Gasteiger partial charge is 0.271 e. The topological polar surface area (TPSA) is 81.8 Å². The molecular weight excluding hydrogens is 302 g/mol. The van der Waals surface area contributed by atoms with Gasteiger partial charge in [0.25, 0.3) is 5.56 Å². The Balaban J connectivity index is 1.61. The van der Waals surface area contributed by atoms with E-state index in [9.17, 15) is 9.59 Å². The van der Waals surface area contributed by atoms with Gasteiger partial charge in [-0.25, -0.2) is 4.98 Å². The van der Waals surface area contributed by atoms with Crippen LogP contribution in [0.2, 0.25) is 0 Å². The van der Waals surface area contributed by atoms with Crippen molar-refractivity contribution >= 4 is 27.5 Å². The van der Waals surface area contributed by atoms with Crippen LogP contribution >= 0.6 is 11.3 Å². The Morgan fingerprint density at radius 1 is 1.50 bits per heavy atom. The van der Waals surface area contributed by atoms with Gasteiger partial charge in [0.2, 0.25) is 5.91 Å². The zero-order chi connectivity index (χ0) is 15.5. The van der Waals surface area contributed by atoms with Crippen molar-refractivity contribution in [3.63, 3.8) is 0 Å². The molecule has 8 heteroatoms. The highest BCUT2D eigenvalue weighted by atomic mass is 32.1. The maximum atomic E-state index is 12.2. The molecule has 0 radical (unpaired) electrons. The standard InChI is InChI=1S/C14H15N5O2S/c1-10(19-6-2-4-17-19)13(20)15-5-7-18-9-16-11-3-8-22-12(11)14(18)21/h2-4,6,8-10H,5,7H2,1H3,(H,15,20). The first-order valence-corrected chi connectivity index (χ1v) is 7.74. The molecule has 1 unspecified atom stereocenters. The van der Waals surface area contributed by atoms with E-state index in [0.29, 0.717) is 23.3 Å². The number of carbonyl (C=O) groups is 1. The summed E-state index contributed by atoms with van der Waals surface area (Å²) in [5.74, 6) is -0.137. The lowest BCUT2D eigenvalue weighted by molar-refractivity contribution is -0.124. The maximum Gasteiger partial charge on any atom is 0.271 e. The molecule has 1 amide bonds.